The molecule has 0 fully saturated rings. The molecule has 2 rings (SSSR count). The van der Waals surface area contributed by atoms with Crippen molar-refractivity contribution in [1.82, 2.24) is 0 Å². The smallest absolute Gasteiger partial charge is 0.331 e. The minimum atomic E-state index is -0.988. The van der Waals surface area contributed by atoms with E-state index in [1.54, 1.807) is 13.8 Å². The van der Waals surface area contributed by atoms with E-state index in [4.69, 9.17) is 10.2 Å². The summed E-state index contributed by atoms with van der Waals surface area (Å²) in [6.07, 6.45) is 4.21. The third-order valence-corrected chi connectivity index (χ3v) is 4.03. The van der Waals surface area contributed by atoms with Gasteiger partial charge in [-0.05, 0) is 13.8 Å². The highest BCUT2D eigenvalue weighted by Gasteiger charge is 1.94. The molecule has 0 atom stereocenters. The second-order valence-corrected chi connectivity index (χ2v) is 6.45. The molecule has 0 bridgehead atoms. The summed E-state index contributed by atoms with van der Waals surface area (Å²) in [6.45, 7) is 4.58. The van der Waals surface area contributed by atoms with Crippen molar-refractivity contribution in [1.29, 1.82) is 0 Å². The zero-order chi connectivity index (χ0) is 21.7. The number of carboxylic acid groups (broad SMARTS) is 2. The van der Waals surface area contributed by atoms with E-state index in [2.05, 4.69) is 70.1 Å². The first-order valence-corrected chi connectivity index (χ1v) is 9.88. The number of rotatable bonds is 8. The zero-order valence-corrected chi connectivity index (χ0v) is 17.5. The number of aliphatic carboxylic acids is 2. The molecule has 0 saturated heterocycles. The minimum Gasteiger partial charge on any atom is -0.501 e. The quantitative estimate of drug-likeness (QED) is 0.392. The van der Waals surface area contributed by atoms with Gasteiger partial charge in [-0.25, -0.2) is 9.59 Å². The van der Waals surface area contributed by atoms with Gasteiger partial charge >= 0.3 is 11.9 Å². The molecule has 2 aromatic rings. The molecule has 2 aromatic carbocycles. The molecule has 29 heavy (non-hydrogen) atoms. The summed E-state index contributed by atoms with van der Waals surface area (Å²) in [5, 5.41) is 18.7. The van der Waals surface area contributed by atoms with Crippen LogP contribution in [0.15, 0.2) is 85.3 Å². The normalized spacial score (nSPS) is 9.72. The van der Waals surface area contributed by atoms with E-state index in [0.29, 0.717) is 13.2 Å². The third-order valence-electron chi connectivity index (χ3n) is 2.78. The van der Waals surface area contributed by atoms with Crippen molar-refractivity contribution in [2.24, 2.45) is 0 Å². The van der Waals surface area contributed by atoms with E-state index in [1.165, 1.54) is 10.4 Å². The molecule has 0 aliphatic heterocycles. The molecule has 2 N–H and O–H groups in total. The molecular formula is C22H26O6Si. The molecule has 0 aromatic heterocycles. The van der Waals surface area contributed by atoms with Gasteiger partial charge in [-0.15, -0.1) is 0 Å². The predicted molar refractivity (Wildman–Crippen MR) is 115 cm³/mol. The van der Waals surface area contributed by atoms with E-state index in [0.717, 1.165) is 34.2 Å². The van der Waals surface area contributed by atoms with Crippen LogP contribution in [0.3, 0.4) is 0 Å². The summed E-state index contributed by atoms with van der Waals surface area (Å²) in [4.78, 5) is 19.4. The van der Waals surface area contributed by atoms with Crippen molar-refractivity contribution in [3.63, 3.8) is 0 Å². The zero-order valence-electron chi connectivity index (χ0n) is 16.5. The average Bonchev–Trinajstić information content (AvgIpc) is 2.71. The van der Waals surface area contributed by atoms with Crippen LogP contribution in [0.25, 0.3) is 0 Å². The van der Waals surface area contributed by atoms with Gasteiger partial charge in [0, 0.05) is 0 Å². The lowest BCUT2D eigenvalue weighted by Crippen LogP contribution is -2.26. The van der Waals surface area contributed by atoms with Crippen LogP contribution in [-0.2, 0) is 19.1 Å². The maximum Gasteiger partial charge on any atom is 0.331 e. The number of carboxylic acids is 2. The van der Waals surface area contributed by atoms with Crippen LogP contribution >= 0.6 is 0 Å². The standard InChI is InChI=1S/C12H10Si.2C5H8O3/c1-3-7-11(8-4-1)13-12-9-5-2-6-10-12;2*1-2-8-4-3-5(6)7/h1-10H;2*3-4H,2H2,1H3,(H,6,7). The van der Waals surface area contributed by atoms with Gasteiger partial charge in [-0.1, -0.05) is 71.0 Å². The van der Waals surface area contributed by atoms with Crippen LogP contribution in [0.2, 0.25) is 0 Å². The van der Waals surface area contributed by atoms with Crippen molar-refractivity contribution >= 4 is 31.8 Å². The lowest BCUT2D eigenvalue weighted by molar-refractivity contribution is -0.132. The summed E-state index contributed by atoms with van der Waals surface area (Å²) >= 11 is 0. The predicted octanol–water partition coefficient (Wildman–Crippen LogP) is 2.58. The Hall–Kier alpha value is -3.32. The molecule has 0 spiro atoms. The highest BCUT2D eigenvalue weighted by Crippen LogP contribution is 1.84. The van der Waals surface area contributed by atoms with Gasteiger partial charge in [0.25, 0.3) is 0 Å². The van der Waals surface area contributed by atoms with E-state index >= 15 is 0 Å². The number of benzene rings is 2. The van der Waals surface area contributed by atoms with E-state index in [9.17, 15) is 9.59 Å². The van der Waals surface area contributed by atoms with E-state index < -0.39 is 11.9 Å². The summed E-state index contributed by atoms with van der Waals surface area (Å²) in [7, 11) is 0.777. The van der Waals surface area contributed by atoms with Gasteiger partial charge in [0.1, 0.15) is 9.52 Å². The maximum atomic E-state index is 9.71. The highest BCUT2D eigenvalue weighted by molar-refractivity contribution is 6.67. The Morgan fingerprint density at radius 1 is 0.759 bits per heavy atom. The van der Waals surface area contributed by atoms with E-state index in [-0.39, 0.29) is 0 Å². The molecule has 0 heterocycles. The Morgan fingerprint density at radius 3 is 1.38 bits per heavy atom. The monoisotopic (exact) mass is 414 g/mol. The first kappa shape index (κ1) is 25.7. The Kier molecular flexibility index (Phi) is 16.0. The second kappa shape index (κ2) is 18.1. The molecule has 0 unspecified atom stereocenters. The topological polar surface area (TPSA) is 93.1 Å². The van der Waals surface area contributed by atoms with Crippen molar-refractivity contribution in [3.05, 3.63) is 85.3 Å². The lowest BCUT2D eigenvalue weighted by atomic mass is 10.4. The molecule has 0 amide bonds. The molecule has 2 radical (unpaired) electrons. The SMILES string of the molecule is CCOC=CC(=O)O.CCOC=CC(=O)O.c1ccc([Si]c2ccccc2)cc1. The van der Waals surface area contributed by atoms with Crippen LogP contribution in [-0.4, -0.2) is 44.9 Å². The van der Waals surface area contributed by atoms with Crippen molar-refractivity contribution in [2.45, 2.75) is 13.8 Å². The van der Waals surface area contributed by atoms with Crippen LogP contribution < -0.4 is 10.4 Å². The van der Waals surface area contributed by atoms with Crippen LogP contribution in [0.1, 0.15) is 13.8 Å². The molecule has 7 heteroatoms. The van der Waals surface area contributed by atoms with Crippen molar-refractivity contribution < 1.29 is 29.3 Å². The first-order chi connectivity index (χ1) is 14.0. The van der Waals surface area contributed by atoms with Gasteiger partial charge in [-0.3, -0.25) is 0 Å². The molecule has 0 aliphatic carbocycles. The second-order valence-electron chi connectivity index (χ2n) is 5.05. The van der Waals surface area contributed by atoms with Crippen LogP contribution in [0.4, 0.5) is 0 Å². The third kappa shape index (κ3) is 17.8. The fourth-order valence-corrected chi connectivity index (χ4v) is 2.67. The fraction of sp³-hybridized carbons (Fsp3) is 0.182. The number of hydrogen-bond donors (Lipinski definition) is 2. The molecule has 154 valence electrons. The fourth-order valence-electron chi connectivity index (χ4n) is 1.61. The molecule has 0 aliphatic rings. The number of ether oxygens (including phenoxy) is 2. The highest BCUT2D eigenvalue weighted by atomic mass is 28.2. The Bertz CT molecular complexity index is 666. The molecule has 0 saturated carbocycles. The van der Waals surface area contributed by atoms with Gasteiger partial charge in [0.15, 0.2) is 0 Å². The Labute approximate surface area is 173 Å². The van der Waals surface area contributed by atoms with Crippen molar-refractivity contribution in [2.75, 3.05) is 13.2 Å². The largest absolute Gasteiger partial charge is 0.501 e. The lowest BCUT2D eigenvalue weighted by Gasteiger charge is -1.98. The first-order valence-electron chi connectivity index (χ1n) is 8.88. The summed E-state index contributed by atoms with van der Waals surface area (Å²) in [5.74, 6) is -1.98. The average molecular weight is 415 g/mol. The minimum absolute atomic E-state index is 0.504. The van der Waals surface area contributed by atoms with E-state index in [1.807, 2.05) is 0 Å². The van der Waals surface area contributed by atoms with Gasteiger partial charge < -0.3 is 19.7 Å². The van der Waals surface area contributed by atoms with Gasteiger partial charge in [-0.2, -0.15) is 0 Å². The van der Waals surface area contributed by atoms with Crippen LogP contribution in [0, 0.1) is 0 Å². The Balaban J connectivity index is 0.000000432. The van der Waals surface area contributed by atoms with Gasteiger partial charge in [0.05, 0.1) is 37.9 Å². The Morgan fingerprint density at radius 2 is 1.10 bits per heavy atom. The summed E-state index contributed by atoms with van der Waals surface area (Å²) in [5.41, 5.74) is 0. The molecule has 6 nitrogen and oxygen atoms in total. The summed E-state index contributed by atoms with van der Waals surface area (Å²) < 4.78 is 9.17. The van der Waals surface area contributed by atoms with Gasteiger partial charge in [0.2, 0.25) is 0 Å². The number of hydrogen-bond acceptors (Lipinski definition) is 4. The summed E-state index contributed by atoms with van der Waals surface area (Å²) in [6, 6.07) is 21.2. The molecular weight excluding hydrogens is 388 g/mol. The number of carbonyl (C=O) groups is 2. The van der Waals surface area contributed by atoms with Crippen molar-refractivity contribution in [3.8, 4) is 0 Å². The maximum absolute atomic E-state index is 9.71. The van der Waals surface area contributed by atoms with Crippen LogP contribution in [0.5, 0.6) is 0 Å².